The van der Waals surface area contributed by atoms with Crippen molar-refractivity contribution in [3.05, 3.63) is 41.5 Å². The molecule has 0 radical (unpaired) electrons. The Morgan fingerprint density at radius 1 is 1.23 bits per heavy atom. The predicted molar refractivity (Wildman–Crippen MR) is 82.4 cm³/mol. The van der Waals surface area contributed by atoms with Gasteiger partial charge in [0, 0.05) is 6.42 Å². The maximum absolute atomic E-state index is 11.9. The van der Waals surface area contributed by atoms with Gasteiger partial charge in [-0.05, 0) is 23.6 Å². The second kappa shape index (κ2) is 6.91. The monoisotopic (exact) mass is 324 g/mol. The highest BCUT2D eigenvalue weighted by molar-refractivity contribution is 7.90. The second-order valence-corrected chi connectivity index (χ2v) is 7.69. The molecule has 0 saturated heterocycles. The van der Waals surface area contributed by atoms with Crippen LogP contribution in [-0.4, -0.2) is 31.4 Å². The molecule has 0 unspecified atom stereocenters. The SMILES string of the molecule is COc1ccc(Cc2noc(CS(=O)(=O)CC(C)C)n2)cc1. The molecule has 22 heavy (non-hydrogen) atoms. The van der Waals surface area contributed by atoms with Gasteiger partial charge in [0.1, 0.15) is 11.5 Å². The van der Waals surface area contributed by atoms with Crippen molar-refractivity contribution >= 4 is 9.84 Å². The first kappa shape index (κ1) is 16.5. The number of aromatic nitrogens is 2. The fourth-order valence-corrected chi connectivity index (χ4v) is 3.73. The van der Waals surface area contributed by atoms with Gasteiger partial charge in [0.15, 0.2) is 15.7 Å². The first-order valence-corrected chi connectivity index (χ1v) is 8.85. The molecule has 0 aliphatic carbocycles. The Labute approximate surface area is 130 Å². The third-order valence-electron chi connectivity index (χ3n) is 2.96. The highest BCUT2D eigenvalue weighted by atomic mass is 32.2. The molecule has 0 N–H and O–H groups in total. The van der Waals surface area contributed by atoms with Crippen LogP contribution in [0.4, 0.5) is 0 Å². The van der Waals surface area contributed by atoms with Crippen LogP contribution in [0.25, 0.3) is 0 Å². The molecule has 0 aliphatic heterocycles. The third-order valence-corrected chi connectivity index (χ3v) is 4.82. The molecule has 0 spiro atoms. The van der Waals surface area contributed by atoms with Gasteiger partial charge >= 0.3 is 0 Å². The highest BCUT2D eigenvalue weighted by Crippen LogP contribution is 2.14. The van der Waals surface area contributed by atoms with Crippen molar-refractivity contribution < 1.29 is 17.7 Å². The van der Waals surface area contributed by atoms with Crippen LogP contribution in [0.5, 0.6) is 5.75 Å². The number of ether oxygens (including phenoxy) is 1. The van der Waals surface area contributed by atoms with Gasteiger partial charge < -0.3 is 9.26 Å². The van der Waals surface area contributed by atoms with E-state index in [9.17, 15) is 8.42 Å². The standard InChI is InChI=1S/C15H20N2O4S/c1-11(2)9-22(18,19)10-15-16-14(17-21-15)8-12-4-6-13(20-3)7-5-12/h4-7,11H,8-10H2,1-3H3. The molecule has 0 saturated carbocycles. The van der Waals surface area contributed by atoms with E-state index in [1.807, 2.05) is 38.1 Å². The molecule has 2 aromatic rings. The van der Waals surface area contributed by atoms with Crippen LogP contribution in [0, 0.1) is 5.92 Å². The van der Waals surface area contributed by atoms with Gasteiger partial charge in [0.25, 0.3) is 0 Å². The van der Waals surface area contributed by atoms with Crippen molar-refractivity contribution in [2.45, 2.75) is 26.0 Å². The number of sulfone groups is 1. The van der Waals surface area contributed by atoms with E-state index in [-0.39, 0.29) is 23.3 Å². The van der Waals surface area contributed by atoms with Crippen molar-refractivity contribution in [2.24, 2.45) is 5.92 Å². The zero-order valence-electron chi connectivity index (χ0n) is 12.9. The lowest BCUT2D eigenvalue weighted by atomic mass is 10.1. The summed E-state index contributed by atoms with van der Waals surface area (Å²) >= 11 is 0. The molecule has 6 nitrogen and oxygen atoms in total. The van der Waals surface area contributed by atoms with Crippen LogP contribution in [0.15, 0.2) is 28.8 Å². The van der Waals surface area contributed by atoms with Crippen LogP contribution < -0.4 is 4.74 Å². The van der Waals surface area contributed by atoms with Crippen LogP contribution in [0.1, 0.15) is 31.1 Å². The Balaban J connectivity index is 2.01. The summed E-state index contributed by atoms with van der Waals surface area (Å²) in [4.78, 5) is 4.15. The summed E-state index contributed by atoms with van der Waals surface area (Å²) in [5.74, 6) is 1.37. The van der Waals surface area contributed by atoms with Crippen LogP contribution >= 0.6 is 0 Å². The van der Waals surface area contributed by atoms with Gasteiger partial charge in [-0.15, -0.1) is 0 Å². The van der Waals surface area contributed by atoms with E-state index in [0.29, 0.717) is 12.2 Å². The second-order valence-electron chi connectivity index (χ2n) is 5.58. The van der Waals surface area contributed by atoms with Gasteiger partial charge in [-0.2, -0.15) is 4.98 Å². The molecule has 0 aliphatic rings. The van der Waals surface area contributed by atoms with E-state index in [1.165, 1.54) is 0 Å². The maximum Gasteiger partial charge on any atom is 0.241 e. The Hall–Kier alpha value is -1.89. The predicted octanol–water partition coefficient (Wildman–Crippen LogP) is 2.24. The van der Waals surface area contributed by atoms with Gasteiger partial charge in [-0.25, -0.2) is 8.42 Å². The summed E-state index contributed by atoms with van der Waals surface area (Å²) in [7, 11) is -1.61. The number of nitrogens with zero attached hydrogens (tertiary/aromatic N) is 2. The molecule has 120 valence electrons. The zero-order valence-corrected chi connectivity index (χ0v) is 13.8. The Morgan fingerprint density at radius 2 is 1.91 bits per heavy atom. The molecule has 0 bridgehead atoms. The van der Waals surface area contributed by atoms with Crippen LogP contribution in [0.2, 0.25) is 0 Å². The van der Waals surface area contributed by atoms with Gasteiger partial charge in [0.05, 0.1) is 12.9 Å². The summed E-state index contributed by atoms with van der Waals surface area (Å²) < 4.78 is 33.9. The molecule has 1 heterocycles. The topological polar surface area (TPSA) is 82.3 Å². The summed E-state index contributed by atoms with van der Waals surface area (Å²) in [5, 5.41) is 3.84. The first-order valence-electron chi connectivity index (χ1n) is 7.03. The summed E-state index contributed by atoms with van der Waals surface area (Å²) in [6.07, 6.45) is 0.484. The van der Waals surface area contributed by atoms with Crippen molar-refractivity contribution in [1.29, 1.82) is 0 Å². The Kier molecular flexibility index (Phi) is 5.18. The Bertz CT molecular complexity index is 705. The van der Waals surface area contributed by atoms with Crippen molar-refractivity contribution in [1.82, 2.24) is 10.1 Å². The smallest absolute Gasteiger partial charge is 0.241 e. The average Bonchev–Trinajstić information content (AvgIpc) is 2.84. The maximum atomic E-state index is 11.9. The molecule has 0 atom stereocenters. The minimum atomic E-state index is -3.22. The molecule has 7 heteroatoms. The normalized spacial score (nSPS) is 11.8. The van der Waals surface area contributed by atoms with Crippen molar-refractivity contribution in [2.75, 3.05) is 12.9 Å². The molecule has 0 fully saturated rings. The van der Waals surface area contributed by atoms with E-state index in [1.54, 1.807) is 7.11 Å². The molecular weight excluding hydrogens is 304 g/mol. The summed E-state index contributed by atoms with van der Waals surface area (Å²) in [6.45, 7) is 3.72. The van der Waals surface area contributed by atoms with Gasteiger partial charge in [0.2, 0.25) is 5.89 Å². The van der Waals surface area contributed by atoms with E-state index in [2.05, 4.69) is 10.1 Å². The molecular formula is C15H20N2O4S. The molecule has 2 rings (SSSR count). The molecule has 0 amide bonds. The highest BCUT2D eigenvalue weighted by Gasteiger charge is 2.18. The Morgan fingerprint density at radius 3 is 2.50 bits per heavy atom. The number of rotatable bonds is 7. The largest absolute Gasteiger partial charge is 0.497 e. The van der Waals surface area contributed by atoms with E-state index >= 15 is 0 Å². The third kappa shape index (κ3) is 4.84. The number of hydrogen-bond donors (Lipinski definition) is 0. The molecule has 1 aromatic heterocycles. The zero-order chi connectivity index (χ0) is 16.2. The number of hydrogen-bond acceptors (Lipinski definition) is 6. The minimum Gasteiger partial charge on any atom is -0.497 e. The number of methoxy groups -OCH3 is 1. The van der Waals surface area contributed by atoms with Gasteiger partial charge in [-0.1, -0.05) is 31.1 Å². The minimum absolute atomic E-state index is 0.0756. The van der Waals surface area contributed by atoms with Crippen molar-refractivity contribution in [3.8, 4) is 5.75 Å². The summed E-state index contributed by atoms with van der Waals surface area (Å²) in [6, 6.07) is 7.52. The summed E-state index contributed by atoms with van der Waals surface area (Å²) in [5.41, 5.74) is 0.998. The van der Waals surface area contributed by atoms with E-state index in [4.69, 9.17) is 9.26 Å². The lowest BCUT2D eigenvalue weighted by Gasteiger charge is -2.03. The fourth-order valence-electron chi connectivity index (χ4n) is 2.10. The van der Waals surface area contributed by atoms with E-state index in [0.717, 1.165) is 11.3 Å². The van der Waals surface area contributed by atoms with E-state index < -0.39 is 9.84 Å². The molecule has 1 aromatic carbocycles. The first-order chi connectivity index (χ1) is 10.4. The quantitative estimate of drug-likeness (QED) is 0.777. The van der Waals surface area contributed by atoms with Crippen molar-refractivity contribution in [3.63, 3.8) is 0 Å². The van der Waals surface area contributed by atoms with Crippen LogP contribution in [-0.2, 0) is 22.0 Å². The fraction of sp³-hybridized carbons (Fsp3) is 0.467. The van der Waals surface area contributed by atoms with Gasteiger partial charge in [-0.3, -0.25) is 0 Å². The lowest BCUT2D eigenvalue weighted by molar-refractivity contribution is 0.383. The average molecular weight is 324 g/mol. The lowest BCUT2D eigenvalue weighted by Crippen LogP contribution is -2.14. The van der Waals surface area contributed by atoms with Crippen LogP contribution in [0.3, 0.4) is 0 Å². The number of benzene rings is 1.